The first-order valence-electron chi connectivity index (χ1n) is 10.4. The van der Waals surface area contributed by atoms with Crippen molar-refractivity contribution < 1.29 is 14.5 Å². The monoisotopic (exact) mass is 489 g/mol. The molecule has 11 heteroatoms. The molecule has 1 heterocycles. The Kier molecular flexibility index (Phi) is 7.17. The zero-order chi connectivity index (χ0) is 24.8. The lowest BCUT2D eigenvalue weighted by atomic mass is 10.2. The molecule has 4 rings (SSSR count). The van der Waals surface area contributed by atoms with E-state index in [4.69, 9.17) is 0 Å². The first-order chi connectivity index (χ1) is 16.9. The number of non-ortho nitro benzene ring substituents is 1. The maximum absolute atomic E-state index is 13.1. The molecule has 0 radical (unpaired) electrons. The van der Waals surface area contributed by atoms with Crippen LogP contribution in [0.5, 0.6) is 0 Å². The second kappa shape index (κ2) is 10.6. The average Bonchev–Trinajstić information content (AvgIpc) is 2.88. The van der Waals surface area contributed by atoms with Crippen molar-refractivity contribution >= 4 is 40.2 Å². The first-order valence-corrected chi connectivity index (χ1v) is 11.4. The third-order valence-electron chi connectivity index (χ3n) is 5.00. The molecule has 0 spiro atoms. The van der Waals surface area contributed by atoms with Gasteiger partial charge in [-0.2, -0.15) is 0 Å². The summed E-state index contributed by atoms with van der Waals surface area (Å²) in [5.41, 5.74) is 5.79. The van der Waals surface area contributed by atoms with Crippen molar-refractivity contribution in [3.05, 3.63) is 110 Å². The van der Waals surface area contributed by atoms with E-state index in [2.05, 4.69) is 15.8 Å². The number of hydrazine groups is 1. The van der Waals surface area contributed by atoms with Crippen molar-refractivity contribution in [3.63, 3.8) is 0 Å². The van der Waals surface area contributed by atoms with Crippen LogP contribution >= 0.6 is 11.8 Å². The van der Waals surface area contributed by atoms with Crippen molar-refractivity contribution in [1.29, 1.82) is 0 Å². The molecule has 0 atom stereocenters. The Labute approximate surface area is 203 Å². The maximum atomic E-state index is 13.1. The quantitative estimate of drug-likeness (QED) is 0.176. The molecule has 0 aliphatic carbocycles. The summed E-state index contributed by atoms with van der Waals surface area (Å²) >= 11 is 1.07. The SMILES string of the molecule is O=C(CSc1nc2ccccc2c(=O)n1Cc1ccccc1)NNC(=O)c1ccc([N+](=O)[O-])cc1. The van der Waals surface area contributed by atoms with Gasteiger partial charge in [0.05, 0.1) is 28.1 Å². The van der Waals surface area contributed by atoms with Crippen LogP contribution in [0.3, 0.4) is 0 Å². The van der Waals surface area contributed by atoms with Gasteiger partial charge in [0.2, 0.25) is 5.91 Å². The van der Waals surface area contributed by atoms with E-state index < -0.39 is 16.7 Å². The predicted molar refractivity (Wildman–Crippen MR) is 131 cm³/mol. The fourth-order valence-corrected chi connectivity index (χ4v) is 4.06. The van der Waals surface area contributed by atoms with Gasteiger partial charge in [-0.05, 0) is 29.8 Å². The van der Waals surface area contributed by atoms with E-state index in [1.165, 1.54) is 28.8 Å². The van der Waals surface area contributed by atoms with E-state index >= 15 is 0 Å². The number of carbonyl (C=O) groups is 2. The molecule has 2 amide bonds. The summed E-state index contributed by atoms with van der Waals surface area (Å²) in [5, 5.41) is 11.6. The number of aromatic nitrogens is 2. The van der Waals surface area contributed by atoms with Gasteiger partial charge in [0.15, 0.2) is 5.16 Å². The van der Waals surface area contributed by atoms with E-state index in [-0.39, 0.29) is 22.6 Å². The summed E-state index contributed by atoms with van der Waals surface area (Å²) in [4.78, 5) is 52.4. The Hall–Kier alpha value is -4.51. The lowest BCUT2D eigenvalue weighted by Crippen LogP contribution is -2.42. The molecular weight excluding hydrogens is 470 g/mol. The zero-order valence-corrected chi connectivity index (χ0v) is 19.0. The topological polar surface area (TPSA) is 136 Å². The lowest BCUT2D eigenvalue weighted by molar-refractivity contribution is -0.384. The number of hydrogen-bond donors (Lipinski definition) is 2. The van der Waals surface area contributed by atoms with Crippen LogP contribution in [0.25, 0.3) is 10.9 Å². The molecule has 0 aliphatic rings. The molecule has 0 saturated heterocycles. The third-order valence-corrected chi connectivity index (χ3v) is 5.97. The van der Waals surface area contributed by atoms with Crippen LogP contribution < -0.4 is 16.4 Å². The smallest absolute Gasteiger partial charge is 0.269 e. The van der Waals surface area contributed by atoms with Crippen molar-refractivity contribution in [2.24, 2.45) is 0 Å². The Balaban J connectivity index is 1.45. The molecule has 35 heavy (non-hydrogen) atoms. The summed E-state index contributed by atoms with van der Waals surface area (Å²) < 4.78 is 1.52. The molecule has 0 saturated carbocycles. The van der Waals surface area contributed by atoms with Gasteiger partial charge in [-0.15, -0.1) is 0 Å². The normalized spacial score (nSPS) is 10.6. The highest BCUT2D eigenvalue weighted by molar-refractivity contribution is 7.99. The summed E-state index contributed by atoms with van der Waals surface area (Å²) in [6.45, 7) is 0.290. The van der Waals surface area contributed by atoms with Gasteiger partial charge >= 0.3 is 0 Å². The molecule has 0 aliphatic heterocycles. The van der Waals surface area contributed by atoms with Crippen LogP contribution in [0.4, 0.5) is 5.69 Å². The van der Waals surface area contributed by atoms with Gasteiger partial charge in [0, 0.05) is 17.7 Å². The molecule has 176 valence electrons. The highest BCUT2D eigenvalue weighted by Gasteiger charge is 2.15. The number of carbonyl (C=O) groups excluding carboxylic acids is 2. The third kappa shape index (κ3) is 5.71. The van der Waals surface area contributed by atoms with Crippen molar-refractivity contribution in [3.8, 4) is 0 Å². The Morgan fingerprint density at radius 2 is 1.63 bits per heavy atom. The minimum atomic E-state index is -0.622. The van der Waals surface area contributed by atoms with Crippen molar-refractivity contribution in [2.75, 3.05) is 5.75 Å². The van der Waals surface area contributed by atoms with E-state index in [1.807, 2.05) is 30.3 Å². The summed E-state index contributed by atoms with van der Waals surface area (Å²) in [5.74, 6) is -1.25. The van der Waals surface area contributed by atoms with Crippen LogP contribution in [0.1, 0.15) is 15.9 Å². The molecule has 0 unspecified atom stereocenters. The second-order valence-corrected chi connectivity index (χ2v) is 8.33. The average molecular weight is 490 g/mol. The molecule has 10 nitrogen and oxygen atoms in total. The minimum absolute atomic E-state index is 0.111. The van der Waals surface area contributed by atoms with Gasteiger partial charge in [0.25, 0.3) is 17.2 Å². The number of thioether (sulfide) groups is 1. The largest absolute Gasteiger partial charge is 0.283 e. The number of rotatable bonds is 7. The molecular formula is C24H19N5O5S. The number of nitrogens with zero attached hydrogens (tertiary/aromatic N) is 3. The molecule has 3 aromatic carbocycles. The number of nitrogens with one attached hydrogen (secondary N) is 2. The molecule has 0 fully saturated rings. The summed E-state index contributed by atoms with van der Waals surface area (Å²) in [6, 6.07) is 21.4. The number of nitro groups is 1. The van der Waals surface area contributed by atoms with Gasteiger partial charge in [0.1, 0.15) is 0 Å². The highest BCUT2D eigenvalue weighted by Crippen LogP contribution is 2.19. The van der Waals surface area contributed by atoms with Crippen LogP contribution in [0, 0.1) is 10.1 Å². The Morgan fingerprint density at radius 1 is 0.943 bits per heavy atom. The standard InChI is InChI=1S/C24H19N5O5S/c30-21(26-27-22(31)17-10-12-18(13-11-17)29(33)34)15-35-24-25-20-9-5-4-8-19(20)23(32)28(24)14-16-6-2-1-3-7-16/h1-13H,14-15H2,(H,26,30)(H,27,31). The Bertz CT molecular complexity index is 1460. The molecule has 4 aromatic rings. The van der Waals surface area contributed by atoms with Gasteiger partial charge in [-0.1, -0.05) is 54.2 Å². The van der Waals surface area contributed by atoms with Crippen molar-refractivity contribution in [1.82, 2.24) is 20.4 Å². The van der Waals surface area contributed by atoms with E-state index in [9.17, 15) is 24.5 Å². The molecule has 1 aromatic heterocycles. The summed E-state index contributed by atoms with van der Waals surface area (Å²) in [7, 11) is 0. The first kappa shape index (κ1) is 23.6. The lowest BCUT2D eigenvalue weighted by Gasteiger charge is -2.13. The zero-order valence-electron chi connectivity index (χ0n) is 18.2. The predicted octanol–water partition coefficient (Wildman–Crippen LogP) is 2.91. The van der Waals surface area contributed by atoms with E-state index in [0.717, 1.165) is 17.3 Å². The fourth-order valence-electron chi connectivity index (χ4n) is 3.26. The van der Waals surface area contributed by atoms with Gasteiger partial charge in [-0.25, -0.2) is 4.98 Å². The number of hydrogen-bond acceptors (Lipinski definition) is 7. The van der Waals surface area contributed by atoms with E-state index in [1.54, 1.807) is 24.3 Å². The number of fused-ring (bicyclic) bond motifs is 1. The molecule has 0 bridgehead atoms. The number of amides is 2. The van der Waals surface area contributed by atoms with Crippen molar-refractivity contribution in [2.45, 2.75) is 11.7 Å². The summed E-state index contributed by atoms with van der Waals surface area (Å²) in [6.07, 6.45) is 0. The van der Waals surface area contributed by atoms with Gasteiger partial charge in [-0.3, -0.25) is 39.9 Å². The maximum Gasteiger partial charge on any atom is 0.269 e. The second-order valence-electron chi connectivity index (χ2n) is 7.38. The van der Waals surface area contributed by atoms with Crippen LogP contribution in [-0.4, -0.2) is 32.0 Å². The Morgan fingerprint density at radius 3 is 2.34 bits per heavy atom. The van der Waals surface area contributed by atoms with Crippen LogP contribution in [-0.2, 0) is 11.3 Å². The van der Waals surface area contributed by atoms with Gasteiger partial charge < -0.3 is 0 Å². The highest BCUT2D eigenvalue weighted by atomic mass is 32.2. The number of para-hydroxylation sites is 1. The number of nitro benzene ring substituents is 1. The molecule has 2 N–H and O–H groups in total. The van der Waals surface area contributed by atoms with Crippen LogP contribution in [0.15, 0.2) is 88.8 Å². The minimum Gasteiger partial charge on any atom is -0.283 e. The number of benzene rings is 3. The van der Waals surface area contributed by atoms with E-state index in [0.29, 0.717) is 22.6 Å². The fraction of sp³-hybridized carbons (Fsp3) is 0.0833. The van der Waals surface area contributed by atoms with Crippen LogP contribution in [0.2, 0.25) is 0 Å².